The molecule has 1 aromatic rings. The number of hydrogen-bond donors (Lipinski definition) is 1. The molecule has 2 heterocycles. The van der Waals surface area contributed by atoms with Crippen LogP contribution < -0.4 is 4.90 Å². The van der Waals surface area contributed by atoms with Gasteiger partial charge in [-0.05, 0) is 43.9 Å². The lowest BCUT2D eigenvalue weighted by atomic mass is 9.91. The lowest BCUT2D eigenvalue weighted by Gasteiger charge is -2.16. The summed E-state index contributed by atoms with van der Waals surface area (Å²) in [5.41, 5.74) is 0.862. The van der Waals surface area contributed by atoms with Gasteiger partial charge in [-0.1, -0.05) is 6.42 Å². The summed E-state index contributed by atoms with van der Waals surface area (Å²) in [4.78, 5) is 19.7. The summed E-state index contributed by atoms with van der Waals surface area (Å²) in [6.45, 7) is 2.27. The molecule has 1 N–H and O–H groups in total. The van der Waals surface area contributed by atoms with Crippen LogP contribution in [0.2, 0.25) is 0 Å². The van der Waals surface area contributed by atoms with Crippen molar-refractivity contribution in [2.24, 2.45) is 11.8 Å². The number of hydrogen-bond acceptors (Lipinski definition) is 4. The molecule has 20 heavy (non-hydrogen) atoms. The minimum absolute atomic E-state index is 0.370. The number of fused-ring (bicyclic) bond motifs is 2. The average Bonchev–Trinajstić information content (AvgIpc) is 3.10. The summed E-state index contributed by atoms with van der Waals surface area (Å²) < 4.78 is 0. The number of nitrogens with zero attached hydrogens (tertiary/aromatic N) is 2. The van der Waals surface area contributed by atoms with Crippen LogP contribution in [0.3, 0.4) is 0 Å². The monoisotopic (exact) mass is 292 g/mol. The van der Waals surface area contributed by atoms with Crippen LogP contribution in [0.4, 0.5) is 5.13 Å². The first-order chi connectivity index (χ1) is 9.72. The van der Waals surface area contributed by atoms with Gasteiger partial charge in [0.2, 0.25) is 0 Å². The molecule has 108 valence electrons. The van der Waals surface area contributed by atoms with Crippen molar-refractivity contribution in [3.05, 3.63) is 10.6 Å². The average molecular weight is 292 g/mol. The quantitative estimate of drug-likeness (QED) is 0.910. The maximum atomic E-state index is 11.4. The van der Waals surface area contributed by atoms with Gasteiger partial charge in [0.25, 0.3) is 0 Å². The maximum Gasteiger partial charge on any atom is 0.312 e. The van der Waals surface area contributed by atoms with E-state index in [1.807, 2.05) is 0 Å². The molecule has 2 aliphatic carbocycles. The van der Waals surface area contributed by atoms with Crippen molar-refractivity contribution in [2.45, 2.75) is 44.4 Å². The minimum Gasteiger partial charge on any atom is -0.481 e. The Morgan fingerprint density at radius 1 is 1.20 bits per heavy atom. The molecular formula is C15H20N2O2S. The van der Waals surface area contributed by atoms with Crippen LogP contribution in [-0.2, 0) is 11.2 Å². The van der Waals surface area contributed by atoms with Crippen LogP contribution in [-0.4, -0.2) is 29.1 Å². The normalized spacial score (nSPS) is 32.2. The highest BCUT2D eigenvalue weighted by Gasteiger charge is 2.38. The molecule has 3 unspecified atom stereocenters. The van der Waals surface area contributed by atoms with E-state index < -0.39 is 5.97 Å². The molecule has 3 atom stereocenters. The maximum absolute atomic E-state index is 11.4. The highest BCUT2D eigenvalue weighted by molar-refractivity contribution is 7.15. The van der Waals surface area contributed by atoms with Crippen LogP contribution in [0.1, 0.15) is 48.6 Å². The van der Waals surface area contributed by atoms with Gasteiger partial charge in [-0.15, -0.1) is 11.3 Å². The Kier molecular flexibility index (Phi) is 2.98. The fourth-order valence-electron chi connectivity index (χ4n) is 4.17. The first-order valence-corrected chi connectivity index (χ1v) is 8.51. The molecule has 0 aromatic carbocycles. The third-order valence-corrected chi connectivity index (χ3v) is 6.43. The van der Waals surface area contributed by atoms with Gasteiger partial charge in [0.05, 0.1) is 5.69 Å². The number of anilines is 1. The van der Waals surface area contributed by atoms with E-state index in [-0.39, 0.29) is 5.92 Å². The van der Waals surface area contributed by atoms with Crippen LogP contribution in [0.5, 0.6) is 0 Å². The number of aryl methyl sites for hydroxylation is 1. The Morgan fingerprint density at radius 3 is 2.65 bits per heavy atom. The molecule has 4 rings (SSSR count). The predicted octanol–water partition coefficient (Wildman–Crippen LogP) is 2.88. The molecule has 1 aromatic heterocycles. The van der Waals surface area contributed by atoms with Gasteiger partial charge >= 0.3 is 5.97 Å². The second kappa shape index (κ2) is 4.72. The Hall–Kier alpha value is -1.10. The Bertz CT molecular complexity index is 530. The molecule has 3 aliphatic rings. The number of aliphatic carboxylic acids is 1. The second-order valence-electron chi connectivity index (χ2n) is 6.44. The second-order valence-corrected chi connectivity index (χ2v) is 7.51. The molecule has 1 aliphatic heterocycles. The van der Waals surface area contributed by atoms with Gasteiger partial charge in [-0.3, -0.25) is 4.79 Å². The van der Waals surface area contributed by atoms with Gasteiger partial charge in [-0.25, -0.2) is 4.98 Å². The highest BCUT2D eigenvalue weighted by atomic mass is 32.1. The van der Waals surface area contributed by atoms with Gasteiger partial charge in [0.1, 0.15) is 5.92 Å². The summed E-state index contributed by atoms with van der Waals surface area (Å²) in [6.07, 6.45) is 6.86. The summed E-state index contributed by atoms with van der Waals surface area (Å²) in [6, 6.07) is 0. The number of carbonyl (C=O) groups is 1. The Labute approximate surface area is 122 Å². The molecule has 0 amide bonds. The lowest BCUT2D eigenvalue weighted by Crippen LogP contribution is -2.21. The fourth-order valence-corrected chi connectivity index (χ4v) is 5.35. The molecular weight excluding hydrogens is 272 g/mol. The van der Waals surface area contributed by atoms with Gasteiger partial charge in [0, 0.05) is 18.0 Å². The van der Waals surface area contributed by atoms with Crippen molar-refractivity contribution in [1.82, 2.24) is 4.98 Å². The zero-order valence-electron chi connectivity index (χ0n) is 11.5. The van der Waals surface area contributed by atoms with E-state index in [0.717, 1.165) is 55.0 Å². The van der Waals surface area contributed by atoms with Gasteiger partial charge in [-0.2, -0.15) is 0 Å². The summed E-state index contributed by atoms with van der Waals surface area (Å²) >= 11 is 1.74. The van der Waals surface area contributed by atoms with Crippen molar-refractivity contribution in [2.75, 3.05) is 18.0 Å². The first kappa shape index (κ1) is 12.6. The topological polar surface area (TPSA) is 53.4 Å². The molecule has 0 bridgehead atoms. The number of aromatic nitrogens is 1. The van der Waals surface area contributed by atoms with Crippen LogP contribution in [0, 0.1) is 11.8 Å². The molecule has 2 fully saturated rings. The highest BCUT2D eigenvalue weighted by Crippen LogP contribution is 2.43. The van der Waals surface area contributed by atoms with E-state index in [1.165, 1.54) is 24.1 Å². The largest absolute Gasteiger partial charge is 0.481 e. The van der Waals surface area contributed by atoms with Gasteiger partial charge < -0.3 is 10.0 Å². The summed E-state index contributed by atoms with van der Waals surface area (Å²) in [7, 11) is 0. The molecule has 0 spiro atoms. The summed E-state index contributed by atoms with van der Waals surface area (Å²) in [5, 5.41) is 10.4. The number of thiazole rings is 1. The zero-order valence-corrected chi connectivity index (χ0v) is 12.4. The number of carboxylic acid groups (broad SMARTS) is 1. The first-order valence-electron chi connectivity index (χ1n) is 7.69. The van der Waals surface area contributed by atoms with E-state index >= 15 is 0 Å². The lowest BCUT2D eigenvalue weighted by molar-refractivity contribution is -0.139. The molecule has 1 saturated heterocycles. The van der Waals surface area contributed by atoms with E-state index in [9.17, 15) is 9.90 Å². The van der Waals surface area contributed by atoms with E-state index in [1.54, 1.807) is 11.3 Å². The summed E-state index contributed by atoms with van der Waals surface area (Å²) in [5.74, 6) is 0.629. The fraction of sp³-hybridized carbons (Fsp3) is 0.733. The molecule has 0 radical (unpaired) electrons. The SMILES string of the molecule is O=C(O)C1CCCc2sc(N3CC4CCCC4C3)nc21. The smallest absolute Gasteiger partial charge is 0.312 e. The number of carboxylic acids is 1. The van der Waals surface area contributed by atoms with E-state index in [0.29, 0.717) is 0 Å². The van der Waals surface area contributed by atoms with Crippen molar-refractivity contribution >= 4 is 22.4 Å². The van der Waals surface area contributed by atoms with Crippen molar-refractivity contribution in [3.63, 3.8) is 0 Å². The van der Waals surface area contributed by atoms with E-state index in [4.69, 9.17) is 4.98 Å². The van der Waals surface area contributed by atoms with Gasteiger partial charge in [0.15, 0.2) is 5.13 Å². The third-order valence-electron chi connectivity index (χ3n) is 5.24. The van der Waals surface area contributed by atoms with Crippen LogP contribution >= 0.6 is 11.3 Å². The van der Waals surface area contributed by atoms with Crippen LogP contribution in [0.25, 0.3) is 0 Å². The van der Waals surface area contributed by atoms with Crippen molar-refractivity contribution in [1.29, 1.82) is 0 Å². The standard InChI is InChI=1S/C15H20N2O2S/c18-14(19)11-5-2-6-12-13(11)16-15(20-12)17-7-9-3-1-4-10(9)8-17/h9-11H,1-8H2,(H,18,19). The van der Waals surface area contributed by atoms with Crippen LogP contribution in [0.15, 0.2) is 0 Å². The molecule has 4 nitrogen and oxygen atoms in total. The van der Waals surface area contributed by atoms with Crippen molar-refractivity contribution < 1.29 is 9.90 Å². The molecule has 5 heteroatoms. The molecule has 1 saturated carbocycles. The number of rotatable bonds is 2. The van der Waals surface area contributed by atoms with E-state index in [2.05, 4.69) is 4.90 Å². The Balaban J connectivity index is 1.60. The Morgan fingerprint density at radius 2 is 1.95 bits per heavy atom. The third kappa shape index (κ3) is 1.94. The predicted molar refractivity (Wildman–Crippen MR) is 78.5 cm³/mol. The zero-order chi connectivity index (χ0) is 13.7. The van der Waals surface area contributed by atoms with Crippen molar-refractivity contribution in [3.8, 4) is 0 Å². The minimum atomic E-state index is -0.707.